The Morgan fingerprint density at radius 1 is 1.10 bits per heavy atom. The second-order valence-electron chi connectivity index (χ2n) is 9.02. The van der Waals surface area contributed by atoms with Gasteiger partial charge in [-0.05, 0) is 89.5 Å². The Labute approximate surface area is 262 Å². The van der Waals surface area contributed by atoms with Crippen molar-refractivity contribution in [3.05, 3.63) is 104 Å². The molecule has 218 valence electrons. The quantitative estimate of drug-likeness (QED) is 0.105. The van der Waals surface area contributed by atoms with Crippen LogP contribution in [-0.4, -0.2) is 36.4 Å². The summed E-state index contributed by atoms with van der Waals surface area (Å²) in [4.78, 5) is 25.2. The van der Waals surface area contributed by atoms with E-state index in [2.05, 4.69) is 37.1 Å². The molecule has 3 N–H and O–H groups in total. The molecule has 1 aliphatic heterocycles. The Hall–Kier alpha value is -3.93. The number of nitrogens with zero attached hydrogens (tertiary/aromatic N) is 1. The lowest BCUT2D eigenvalue weighted by molar-refractivity contribution is -0.139. The Kier molecular flexibility index (Phi) is 10.9. The highest BCUT2D eigenvalue weighted by Crippen LogP contribution is 2.33. The summed E-state index contributed by atoms with van der Waals surface area (Å²) in [6, 6.07) is 19.4. The fourth-order valence-corrected chi connectivity index (χ4v) is 4.98. The zero-order valence-corrected chi connectivity index (χ0v) is 25.9. The molecule has 0 aliphatic carbocycles. The van der Waals surface area contributed by atoms with Crippen LogP contribution < -0.4 is 25.5 Å². The first kappa shape index (κ1) is 31.0. The highest BCUT2D eigenvalue weighted by Gasteiger charge is 2.32. The number of halogens is 2. The maximum absolute atomic E-state index is 12.7. The van der Waals surface area contributed by atoms with Crippen LogP contribution in [0.3, 0.4) is 0 Å². The van der Waals surface area contributed by atoms with E-state index in [1.807, 2.05) is 48.5 Å². The van der Waals surface area contributed by atoms with Gasteiger partial charge in [0.1, 0.15) is 18.1 Å². The third-order valence-electron chi connectivity index (χ3n) is 6.02. The fourth-order valence-electron chi connectivity index (χ4n) is 4.07. The molecule has 0 saturated heterocycles. The van der Waals surface area contributed by atoms with Crippen LogP contribution in [0.5, 0.6) is 11.5 Å². The monoisotopic (exact) mass is 670 g/mol. The molecule has 12 heteroatoms. The first-order chi connectivity index (χ1) is 20.2. The van der Waals surface area contributed by atoms with Gasteiger partial charge in [-0.25, -0.2) is 10.2 Å². The highest BCUT2D eigenvalue weighted by molar-refractivity contribution is 9.10. The molecule has 3 aromatic carbocycles. The number of rotatable bonds is 11. The van der Waals surface area contributed by atoms with Crippen molar-refractivity contribution in [2.75, 3.05) is 13.2 Å². The van der Waals surface area contributed by atoms with Crippen LogP contribution in [0.4, 0.5) is 0 Å². The average molecular weight is 672 g/mol. The molecule has 0 radical (unpaired) electrons. The van der Waals surface area contributed by atoms with Gasteiger partial charge in [0.25, 0.3) is 5.91 Å². The van der Waals surface area contributed by atoms with Crippen LogP contribution >= 0.6 is 39.7 Å². The Morgan fingerprint density at radius 3 is 2.60 bits per heavy atom. The number of esters is 1. The molecular formula is C30H28BrClN4O5S. The van der Waals surface area contributed by atoms with Crippen molar-refractivity contribution in [2.24, 2.45) is 5.10 Å². The summed E-state index contributed by atoms with van der Waals surface area (Å²) < 4.78 is 17.7. The first-order valence-electron chi connectivity index (χ1n) is 12.9. The SMILES string of the molecule is CCOC(=O)C1=C(C)NC(=S)N[C@H]1c1ccccc1OCC(=O)NN=Cc1ccc(OCc2ccc(Cl)cc2)c(Br)c1. The summed E-state index contributed by atoms with van der Waals surface area (Å²) in [5.41, 5.74) is 5.78. The Bertz CT molecular complexity index is 1530. The van der Waals surface area contributed by atoms with Crippen molar-refractivity contribution in [2.45, 2.75) is 26.5 Å². The van der Waals surface area contributed by atoms with Gasteiger partial charge in [-0.2, -0.15) is 5.10 Å². The number of allylic oxidation sites excluding steroid dienone is 1. The van der Waals surface area contributed by atoms with Gasteiger partial charge in [-0.15, -0.1) is 0 Å². The van der Waals surface area contributed by atoms with Gasteiger partial charge in [0.2, 0.25) is 0 Å². The van der Waals surface area contributed by atoms with E-state index in [9.17, 15) is 9.59 Å². The molecule has 4 rings (SSSR count). The normalized spacial score (nSPS) is 14.7. The molecule has 3 aromatic rings. The fraction of sp³-hybridized carbons (Fsp3) is 0.200. The predicted octanol–water partition coefficient (Wildman–Crippen LogP) is 5.57. The number of benzene rings is 3. The number of thiocarbonyl (C=S) groups is 1. The number of amides is 1. The number of ether oxygens (including phenoxy) is 3. The lowest BCUT2D eigenvalue weighted by atomic mass is 9.95. The smallest absolute Gasteiger partial charge is 0.338 e. The number of carbonyl (C=O) groups is 2. The zero-order chi connectivity index (χ0) is 30.1. The summed E-state index contributed by atoms with van der Waals surface area (Å²) in [6.07, 6.45) is 1.51. The first-order valence-corrected chi connectivity index (χ1v) is 14.5. The third kappa shape index (κ3) is 8.31. The van der Waals surface area contributed by atoms with E-state index in [1.54, 1.807) is 32.0 Å². The Morgan fingerprint density at radius 2 is 1.86 bits per heavy atom. The molecule has 1 amide bonds. The number of hydrazone groups is 1. The second-order valence-corrected chi connectivity index (χ2v) is 10.7. The van der Waals surface area contributed by atoms with E-state index < -0.39 is 17.9 Å². The highest BCUT2D eigenvalue weighted by atomic mass is 79.9. The molecule has 1 atom stereocenters. The number of para-hydroxylation sites is 1. The number of nitrogens with one attached hydrogen (secondary N) is 3. The van der Waals surface area contributed by atoms with Crippen LogP contribution in [0.15, 0.2) is 87.6 Å². The summed E-state index contributed by atoms with van der Waals surface area (Å²) >= 11 is 14.7. The molecule has 42 heavy (non-hydrogen) atoms. The van der Waals surface area contributed by atoms with E-state index in [1.165, 1.54) is 6.21 Å². The molecule has 0 aromatic heterocycles. The Balaban J connectivity index is 1.34. The molecule has 0 bridgehead atoms. The van der Waals surface area contributed by atoms with Crippen LogP contribution in [0, 0.1) is 0 Å². The number of carbonyl (C=O) groups excluding carboxylic acids is 2. The van der Waals surface area contributed by atoms with Crippen molar-refractivity contribution in [3.8, 4) is 11.5 Å². The molecule has 0 unspecified atom stereocenters. The van der Waals surface area contributed by atoms with E-state index in [-0.39, 0.29) is 13.2 Å². The molecule has 9 nitrogen and oxygen atoms in total. The van der Waals surface area contributed by atoms with Gasteiger partial charge in [-0.3, -0.25) is 4.79 Å². The minimum atomic E-state index is -0.619. The minimum Gasteiger partial charge on any atom is -0.488 e. The molecule has 1 heterocycles. The van der Waals surface area contributed by atoms with E-state index in [0.29, 0.717) is 45.1 Å². The zero-order valence-electron chi connectivity index (χ0n) is 22.8. The van der Waals surface area contributed by atoms with Crippen LogP contribution in [0.1, 0.15) is 36.6 Å². The molecule has 1 aliphatic rings. The summed E-state index contributed by atoms with van der Waals surface area (Å²) in [6.45, 7) is 3.81. The molecule has 0 fully saturated rings. The van der Waals surface area contributed by atoms with Gasteiger partial charge in [0, 0.05) is 16.3 Å². The average Bonchev–Trinajstić information content (AvgIpc) is 2.96. The van der Waals surface area contributed by atoms with Crippen LogP contribution in [-0.2, 0) is 20.9 Å². The van der Waals surface area contributed by atoms with Crippen LogP contribution in [0.25, 0.3) is 0 Å². The van der Waals surface area contributed by atoms with E-state index in [4.69, 9.17) is 38.0 Å². The van der Waals surface area contributed by atoms with Crippen molar-refractivity contribution in [1.82, 2.24) is 16.1 Å². The van der Waals surface area contributed by atoms with Gasteiger partial charge in [0.15, 0.2) is 11.7 Å². The summed E-state index contributed by atoms with van der Waals surface area (Å²) in [7, 11) is 0. The third-order valence-corrected chi connectivity index (χ3v) is 7.11. The largest absolute Gasteiger partial charge is 0.488 e. The topological polar surface area (TPSA) is 110 Å². The number of hydrogen-bond donors (Lipinski definition) is 3. The van der Waals surface area contributed by atoms with E-state index >= 15 is 0 Å². The van der Waals surface area contributed by atoms with Crippen molar-refractivity contribution in [1.29, 1.82) is 0 Å². The number of hydrogen-bond acceptors (Lipinski definition) is 7. The summed E-state index contributed by atoms with van der Waals surface area (Å²) in [5.74, 6) is 0.135. The van der Waals surface area contributed by atoms with Gasteiger partial charge in [0.05, 0.1) is 28.9 Å². The van der Waals surface area contributed by atoms with Crippen molar-refractivity contribution in [3.63, 3.8) is 0 Å². The predicted molar refractivity (Wildman–Crippen MR) is 169 cm³/mol. The van der Waals surface area contributed by atoms with E-state index in [0.717, 1.165) is 15.6 Å². The molecule has 0 saturated carbocycles. The van der Waals surface area contributed by atoms with Gasteiger partial charge in [-0.1, -0.05) is 41.9 Å². The molecular weight excluding hydrogens is 644 g/mol. The van der Waals surface area contributed by atoms with Gasteiger partial charge < -0.3 is 24.8 Å². The minimum absolute atomic E-state index is 0.227. The van der Waals surface area contributed by atoms with Crippen molar-refractivity contribution < 1.29 is 23.8 Å². The maximum Gasteiger partial charge on any atom is 0.338 e. The lowest BCUT2D eigenvalue weighted by Crippen LogP contribution is -2.45. The lowest BCUT2D eigenvalue weighted by Gasteiger charge is -2.30. The molecule has 0 spiro atoms. The van der Waals surface area contributed by atoms with Crippen molar-refractivity contribution >= 4 is 63.0 Å². The van der Waals surface area contributed by atoms with Crippen LogP contribution in [0.2, 0.25) is 5.02 Å². The van der Waals surface area contributed by atoms with Gasteiger partial charge >= 0.3 is 5.97 Å². The summed E-state index contributed by atoms with van der Waals surface area (Å²) in [5, 5.41) is 11.1. The second kappa shape index (κ2) is 14.8. The maximum atomic E-state index is 12.7. The standard InChI is InChI=1S/C30H28BrClN4O5S/c1-3-39-29(38)27-18(2)34-30(42)35-28(27)22-6-4-5-7-24(22)41-17-26(37)36-33-15-20-10-13-25(23(31)14-20)40-16-19-8-11-21(32)12-9-19/h4-15,28H,3,16-17H2,1-2H3,(H,36,37)(H2,34,35,42)/t28-/m0/s1.